The van der Waals surface area contributed by atoms with Gasteiger partial charge in [0.1, 0.15) is 11.6 Å². The molecule has 1 heterocycles. The van der Waals surface area contributed by atoms with Crippen LogP contribution in [-0.2, 0) is 0 Å². The molecule has 0 radical (unpaired) electrons. The Morgan fingerprint density at radius 2 is 2.25 bits per heavy atom. The Bertz CT molecular complexity index is 599. The monoisotopic (exact) mass is 271 g/mol. The van der Waals surface area contributed by atoms with Gasteiger partial charge in [0, 0.05) is 24.2 Å². The van der Waals surface area contributed by atoms with Gasteiger partial charge >= 0.3 is 0 Å². The number of rotatable bonds is 4. The molecule has 3 rings (SSSR count). The topological polar surface area (TPSA) is 60.2 Å². The molecular weight excluding hydrogens is 250 g/mol. The van der Waals surface area contributed by atoms with Crippen LogP contribution in [0.2, 0.25) is 0 Å². The van der Waals surface area contributed by atoms with Crippen molar-refractivity contribution in [3.05, 3.63) is 30.5 Å². The van der Waals surface area contributed by atoms with E-state index in [2.05, 4.69) is 16.4 Å². The van der Waals surface area contributed by atoms with Crippen LogP contribution in [0.3, 0.4) is 0 Å². The number of nitrogens with one attached hydrogen (secondary N) is 1. The summed E-state index contributed by atoms with van der Waals surface area (Å²) in [4.78, 5) is 4.46. The standard InChI is InChI=1S/C16H21N3O/c1-20-13-5-6-14-11(9-13)7-8-18-16(14)19-10-12-3-2-4-15(12)17/h5-9,12,15H,2-4,10,17H2,1H3,(H,18,19). The Balaban J connectivity index is 1.80. The Morgan fingerprint density at radius 3 is 3.00 bits per heavy atom. The third-order valence-corrected chi connectivity index (χ3v) is 4.22. The minimum Gasteiger partial charge on any atom is -0.497 e. The van der Waals surface area contributed by atoms with Gasteiger partial charge < -0.3 is 15.8 Å². The molecule has 1 saturated carbocycles. The van der Waals surface area contributed by atoms with E-state index in [9.17, 15) is 0 Å². The summed E-state index contributed by atoms with van der Waals surface area (Å²) in [6.07, 6.45) is 5.44. The maximum atomic E-state index is 6.12. The van der Waals surface area contributed by atoms with Gasteiger partial charge in [0.05, 0.1) is 7.11 Å². The summed E-state index contributed by atoms with van der Waals surface area (Å²) in [5.74, 6) is 2.36. The van der Waals surface area contributed by atoms with Crippen molar-refractivity contribution >= 4 is 16.6 Å². The van der Waals surface area contributed by atoms with E-state index in [4.69, 9.17) is 10.5 Å². The van der Waals surface area contributed by atoms with Crippen LogP contribution in [-0.4, -0.2) is 24.7 Å². The second-order valence-electron chi connectivity index (χ2n) is 5.48. The lowest BCUT2D eigenvalue weighted by molar-refractivity contribution is 0.415. The van der Waals surface area contributed by atoms with Crippen LogP contribution in [0, 0.1) is 5.92 Å². The second kappa shape index (κ2) is 5.67. The van der Waals surface area contributed by atoms with Crippen molar-refractivity contribution < 1.29 is 4.74 Å². The van der Waals surface area contributed by atoms with E-state index in [1.807, 2.05) is 24.4 Å². The molecule has 4 nitrogen and oxygen atoms in total. The fourth-order valence-corrected chi connectivity index (χ4v) is 2.97. The number of nitrogens with two attached hydrogens (primary N) is 1. The molecule has 4 heteroatoms. The molecule has 0 aliphatic heterocycles. The highest BCUT2D eigenvalue weighted by atomic mass is 16.5. The maximum Gasteiger partial charge on any atom is 0.133 e. The van der Waals surface area contributed by atoms with Crippen LogP contribution in [0.15, 0.2) is 30.5 Å². The predicted octanol–water partition coefficient (Wildman–Crippen LogP) is 2.78. The lowest BCUT2D eigenvalue weighted by atomic mass is 10.0. The minimum atomic E-state index is 0.331. The van der Waals surface area contributed by atoms with Gasteiger partial charge in [0.25, 0.3) is 0 Å². The van der Waals surface area contributed by atoms with Gasteiger partial charge in [-0.25, -0.2) is 4.98 Å². The third kappa shape index (κ3) is 2.56. The van der Waals surface area contributed by atoms with E-state index in [1.54, 1.807) is 7.11 Å². The Hall–Kier alpha value is -1.81. The number of hydrogen-bond donors (Lipinski definition) is 2. The van der Waals surface area contributed by atoms with Crippen LogP contribution in [0.1, 0.15) is 19.3 Å². The van der Waals surface area contributed by atoms with Crippen molar-refractivity contribution in [1.29, 1.82) is 0 Å². The number of pyridine rings is 1. The number of hydrogen-bond acceptors (Lipinski definition) is 4. The van der Waals surface area contributed by atoms with Crippen LogP contribution < -0.4 is 15.8 Å². The maximum absolute atomic E-state index is 6.12. The van der Waals surface area contributed by atoms with Crippen molar-refractivity contribution in [2.75, 3.05) is 19.0 Å². The summed E-state index contributed by atoms with van der Waals surface area (Å²) in [5, 5.41) is 5.73. The molecule has 1 aromatic carbocycles. The first-order valence-corrected chi connectivity index (χ1v) is 7.20. The Morgan fingerprint density at radius 1 is 1.35 bits per heavy atom. The molecule has 0 spiro atoms. The van der Waals surface area contributed by atoms with Crippen LogP contribution in [0.5, 0.6) is 5.75 Å². The predicted molar refractivity (Wildman–Crippen MR) is 82.1 cm³/mol. The molecule has 2 aromatic rings. The van der Waals surface area contributed by atoms with Crippen LogP contribution in [0.4, 0.5) is 5.82 Å². The normalized spacial score (nSPS) is 22.1. The first-order valence-electron chi connectivity index (χ1n) is 7.20. The number of aromatic nitrogens is 1. The zero-order valence-electron chi connectivity index (χ0n) is 11.8. The molecule has 1 fully saturated rings. The van der Waals surface area contributed by atoms with Gasteiger partial charge in [-0.05, 0) is 48.4 Å². The number of nitrogens with zero attached hydrogens (tertiary/aromatic N) is 1. The zero-order valence-corrected chi connectivity index (χ0v) is 11.8. The van der Waals surface area contributed by atoms with Gasteiger partial charge in [0.15, 0.2) is 0 Å². The van der Waals surface area contributed by atoms with Crippen molar-refractivity contribution in [2.45, 2.75) is 25.3 Å². The molecule has 3 N–H and O–H groups in total. The van der Waals surface area contributed by atoms with Crippen molar-refractivity contribution in [2.24, 2.45) is 11.7 Å². The molecule has 0 amide bonds. The fraction of sp³-hybridized carbons (Fsp3) is 0.438. The first-order chi connectivity index (χ1) is 9.78. The number of methoxy groups -OCH3 is 1. The van der Waals surface area contributed by atoms with Gasteiger partial charge in [0.2, 0.25) is 0 Å². The lowest BCUT2D eigenvalue weighted by Gasteiger charge is -2.17. The van der Waals surface area contributed by atoms with E-state index in [0.717, 1.165) is 35.3 Å². The van der Waals surface area contributed by atoms with E-state index in [-0.39, 0.29) is 0 Å². The summed E-state index contributed by atoms with van der Waals surface area (Å²) >= 11 is 0. The van der Waals surface area contributed by atoms with Crippen molar-refractivity contribution in [1.82, 2.24) is 4.98 Å². The van der Waals surface area contributed by atoms with E-state index < -0.39 is 0 Å². The van der Waals surface area contributed by atoms with Crippen molar-refractivity contribution in [3.63, 3.8) is 0 Å². The zero-order chi connectivity index (χ0) is 13.9. The molecule has 2 unspecified atom stereocenters. The molecule has 1 aromatic heterocycles. The molecular formula is C16H21N3O. The number of anilines is 1. The SMILES string of the molecule is COc1ccc2c(NCC3CCCC3N)nccc2c1. The summed E-state index contributed by atoms with van der Waals surface area (Å²) < 4.78 is 5.26. The Labute approximate surface area is 119 Å². The third-order valence-electron chi connectivity index (χ3n) is 4.22. The lowest BCUT2D eigenvalue weighted by Crippen LogP contribution is -2.29. The summed E-state index contributed by atoms with van der Waals surface area (Å²) in [7, 11) is 1.68. The van der Waals surface area contributed by atoms with Gasteiger partial charge in [-0.2, -0.15) is 0 Å². The van der Waals surface area contributed by atoms with E-state index in [1.165, 1.54) is 12.8 Å². The Kier molecular flexibility index (Phi) is 3.74. The molecule has 0 bridgehead atoms. The highest BCUT2D eigenvalue weighted by Crippen LogP contribution is 2.27. The van der Waals surface area contributed by atoms with E-state index >= 15 is 0 Å². The molecule has 0 saturated heterocycles. The summed E-state index contributed by atoms with van der Waals surface area (Å²) in [5.41, 5.74) is 6.12. The van der Waals surface area contributed by atoms with Gasteiger partial charge in [-0.1, -0.05) is 6.42 Å². The first kappa shape index (κ1) is 13.2. The quantitative estimate of drug-likeness (QED) is 0.897. The average Bonchev–Trinajstić information content (AvgIpc) is 2.89. The molecule has 2 atom stereocenters. The highest BCUT2D eigenvalue weighted by molar-refractivity contribution is 5.92. The van der Waals surface area contributed by atoms with Crippen molar-refractivity contribution in [3.8, 4) is 5.75 Å². The van der Waals surface area contributed by atoms with Crippen LogP contribution >= 0.6 is 0 Å². The highest BCUT2D eigenvalue weighted by Gasteiger charge is 2.23. The smallest absolute Gasteiger partial charge is 0.133 e. The van der Waals surface area contributed by atoms with E-state index in [0.29, 0.717) is 12.0 Å². The molecule has 1 aliphatic carbocycles. The number of fused-ring (bicyclic) bond motifs is 1. The second-order valence-corrected chi connectivity index (χ2v) is 5.48. The number of ether oxygens (including phenoxy) is 1. The fourth-order valence-electron chi connectivity index (χ4n) is 2.97. The molecule has 1 aliphatic rings. The summed E-state index contributed by atoms with van der Waals surface area (Å²) in [6, 6.07) is 8.39. The summed E-state index contributed by atoms with van der Waals surface area (Å²) in [6.45, 7) is 0.902. The minimum absolute atomic E-state index is 0.331. The van der Waals surface area contributed by atoms with Gasteiger partial charge in [-0.3, -0.25) is 0 Å². The largest absolute Gasteiger partial charge is 0.497 e. The number of benzene rings is 1. The molecule has 20 heavy (non-hydrogen) atoms. The molecule has 106 valence electrons. The van der Waals surface area contributed by atoms with Crippen LogP contribution in [0.25, 0.3) is 10.8 Å². The average molecular weight is 271 g/mol. The van der Waals surface area contributed by atoms with Gasteiger partial charge in [-0.15, -0.1) is 0 Å².